The Bertz CT molecular complexity index is 435. The maximum atomic E-state index is 5.68. The van der Waals surface area contributed by atoms with Gasteiger partial charge in [-0.05, 0) is 38.3 Å². The fourth-order valence-corrected chi connectivity index (χ4v) is 2.45. The van der Waals surface area contributed by atoms with Gasteiger partial charge in [0.15, 0.2) is 0 Å². The summed E-state index contributed by atoms with van der Waals surface area (Å²) in [4.78, 5) is 14.8. The van der Waals surface area contributed by atoms with Gasteiger partial charge < -0.3 is 20.7 Å². The summed E-state index contributed by atoms with van der Waals surface area (Å²) in [7, 11) is 0. The number of aromatic nitrogens is 3. The standard InChI is InChI=1S/C14H26N6O/c1-3-8-21-14-18-12(15)17-13(19-14)16-9-11(2)10-20-6-4-5-7-20/h11H,3-10H2,1-2H3,(H3,15,16,17,18,19). The highest BCUT2D eigenvalue weighted by Gasteiger charge is 2.15. The molecule has 0 radical (unpaired) electrons. The molecular formula is C14H26N6O. The van der Waals surface area contributed by atoms with Crippen LogP contribution in [0.5, 0.6) is 6.01 Å². The summed E-state index contributed by atoms with van der Waals surface area (Å²) >= 11 is 0. The normalized spacial score (nSPS) is 16.9. The van der Waals surface area contributed by atoms with Gasteiger partial charge in [-0.2, -0.15) is 15.0 Å². The SMILES string of the molecule is CCCOc1nc(N)nc(NCC(C)CN2CCCC2)n1. The van der Waals surface area contributed by atoms with Gasteiger partial charge in [-0.1, -0.05) is 13.8 Å². The third-order valence-electron chi connectivity index (χ3n) is 3.44. The molecule has 1 aromatic heterocycles. The second kappa shape index (κ2) is 7.97. The van der Waals surface area contributed by atoms with Crippen LogP contribution in [0.25, 0.3) is 0 Å². The van der Waals surface area contributed by atoms with E-state index in [1.54, 1.807) is 0 Å². The van der Waals surface area contributed by atoms with Crippen LogP contribution in [0.1, 0.15) is 33.1 Å². The van der Waals surface area contributed by atoms with E-state index in [4.69, 9.17) is 10.5 Å². The zero-order valence-electron chi connectivity index (χ0n) is 13.0. The van der Waals surface area contributed by atoms with Gasteiger partial charge in [0, 0.05) is 13.1 Å². The lowest BCUT2D eigenvalue weighted by Crippen LogP contribution is -2.29. The van der Waals surface area contributed by atoms with Gasteiger partial charge >= 0.3 is 6.01 Å². The van der Waals surface area contributed by atoms with Gasteiger partial charge in [0.1, 0.15) is 0 Å². The van der Waals surface area contributed by atoms with Gasteiger partial charge in [0.25, 0.3) is 0 Å². The molecule has 1 saturated heterocycles. The molecule has 1 unspecified atom stereocenters. The molecule has 2 heterocycles. The highest BCUT2D eigenvalue weighted by atomic mass is 16.5. The highest BCUT2D eigenvalue weighted by molar-refractivity contribution is 5.32. The van der Waals surface area contributed by atoms with Gasteiger partial charge in [-0.3, -0.25) is 0 Å². The predicted octanol–water partition coefficient (Wildman–Crippen LogP) is 1.39. The minimum Gasteiger partial charge on any atom is -0.463 e. The minimum absolute atomic E-state index is 0.186. The van der Waals surface area contributed by atoms with Crippen molar-refractivity contribution >= 4 is 11.9 Å². The first-order chi connectivity index (χ1) is 10.2. The molecule has 3 N–H and O–H groups in total. The van der Waals surface area contributed by atoms with Crippen LogP contribution in [0.15, 0.2) is 0 Å². The Balaban J connectivity index is 1.82. The molecule has 0 saturated carbocycles. The van der Waals surface area contributed by atoms with Crippen LogP contribution >= 0.6 is 0 Å². The van der Waals surface area contributed by atoms with Crippen molar-refractivity contribution in [2.45, 2.75) is 33.1 Å². The molecule has 1 aliphatic rings. The second-order valence-corrected chi connectivity index (χ2v) is 5.64. The number of likely N-dealkylation sites (tertiary alicyclic amines) is 1. The number of nitrogens with two attached hydrogens (primary N) is 1. The summed E-state index contributed by atoms with van der Waals surface area (Å²) in [5.74, 6) is 1.20. The summed E-state index contributed by atoms with van der Waals surface area (Å²) in [6.07, 6.45) is 3.55. The average molecular weight is 294 g/mol. The molecule has 1 aliphatic heterocycles. The molecule has 1 atom stereocenters. The first-order valence-corrected chi connectivity index (χ1v) is 7.78. The molecule has 7 heteroatoms. The van der Waals surface area contributed by atoms with E-state index in [1.807, 2.05) is 6.92 Å². The van der Waals surface area contributed by atoms with Gasteiger partial charge in [-0.25, -0.2) is 0 Å². The van der Waals surface area contributed by atoms with E-state index in [2.05, 4.69) is 32.1 Å². The lowest BCUT2D eigenvalue weighted by Gasteiger charge is -2.20. The number of ether oxygens (including phenoxy) is 1. The Hall–Kier alpha value is -1.63. The van der Waals surface area contributed by atoms with E-state index in [0.717, 1.165) is 19.5 Å². The molecule has 0 aromatic carbocycles. The number of rotatable bonds is 8. The van der Waals surface area contributed by atoms with Crippen LogP contribution in [-0.4, -0.2) is 52.6 Å². The zero-order chi connectivity index (χ0) is 15.1. The van der Waals surface area contributed by atoms with E-state index in [1.165, 1.54) is 25.9 Å². The molecule has 2 rings (SSSR count). The molecule has 0 aliphatic carbocycles. The summed E-state index contributed by atoms with van der Waals surface area (Å²) in [6.45, 7) is 9.19. The molecule has 21 heavy (non-hydrogen) atoms. The minimum atomic E-state index is 0.186. The molecular weight excluding hydrogens is 268 g/mol. The van der Waals surface area contributed by atoms with Crippen LogP contribution in [0.3, 0.4) is 0 Å². The summed E-state index contributed by atoms with van der Waals surface area (Å²) in [5.41, 5.74) is 5.68. The van der Waals surface area contributed by atoms with E-state index in [9.17, 15) is 0 Å². The third-order valence-corrected chi connectivity index (χ3v) is 3.44. The van der Waals surface area contributed by atoms with Crippen molar-refractivity contribution in [3.8, 4) is 6.01 Å². The Kier molecular flexibility index (Phi) is 5.98. The van der Waals surface area contributed by atoms with Crippen molar-refractivity contribution in [1.29, 1.82) is 0 Å². The summed E-state index contributed by atoms with van der Waals surface area (Å²) in [6, 6.07) is 0.291. The number of nitrogens with zero attached hydrogens (tertiary/aromatic N) is 4. The fraction of sp³-hybridized carbons (Fsp3) is 0.786. The van der Waals surface area contributed by atoms with Crippen molar-refractivity contribution in [3.63, 3.8) is 0 Å². The van der Waals surface area contributed by atoms with Crippen LogP contribution < -0.4 is 15.8 Å². The average Bonchev–Trinajstić information content (AvgIpc) is 2.95. The lowest BCUT2D eigenvalue weighted by molar-refractivity contribution is 0.290. The van der Waals surface area contributed by atoms with Gasteiger partial charge in [0.05, 0.1) is 6.61 Å². The lowest BCUT2D eigenvalue weighted by atomic mass is 10.1. The van der Waals surface area contributed by atoms with Gasteiger partial charge in [-0.15, -0.1) is 0 Å². The number of nitrogen functional groups attached to an aromatic ring is 1. The number of anilines is 2. The van der Waals surface area contributed by atoms with Crippen molar-refractivity contribution in [3.05, 3.63) is 0 Å². The van der Waals surface area contributed by atoms with E-state index in [-0.39, 0.29) is 5.95 Å². The van der Waals surface area contributed by atoms with Crippen LogP contribution in [0.4, 0.5) is 11.9 Å². The van der Waals surface area contributed by atoms with Crippen LogP contribution in [0.2, 0.25) is 0 Å². The van der Waals surface area contributed by atoms with Crippen LogP contribution in [0, 0.1) is 5.92 Å². The topological polar surface area (TPSA) is 89.2 Å². The molecule has 0 bridgehead atoms. The first-order valence-electron chi connectivity index (χ1n) is 7.78. The third kappa shape index (κ3) is 5.34. The molecule has 1 aromatic rings. The Labute approximate surface area is 126 Å². The van der Waals surface area contributed by atoms with Crippen molar-refractivity contribution < 1.29 is 4.74 Å². The van der Waals surface area contributed by atoms with E-state index < -0.39 is 0 Å². The zero-order valence-corrected chi connectivity index (χ0v) is 13.0. The Morgan fingerprint density at radius 3 is 2.76 bits per heavy atom. The van der Waals surface area contributed by atoms with Gasteiger partial charge in [0.2, 0.25) is 11.9 Å². The maximum absolute atomic E-state index is 5.68. The Morgan fingerprint density at radius 1 is 1.29 bits per heavy atom. The maximum Gasteiger partial charge on any atom is 0.323 e. The second-order valence-electron chi connectivity index (χ2n) is 5.64. The smallest absolute Gasteiger partial charge is 0.323 e. The largest absolute Gasteiger partial charge is 0.463 e. The first kappa shape index (κ1) is 15.8. The monoisotopic (exact) mass is 294 g/mol. The van der Waals surface area contributed by atoms with E-state index in [0.29, 0.717) is 24.5 Å². The van der Waals surface area contributed by atoms with E-state index >= 15 is 0 Å². The molecule has 7 nitrogen and oxygen atoms in total. The number of hydrogen-bond donors (Lipinski definition) is 2. The summed E-state index contributed by atoms with van der Waals surface area (Å²) < 4.78 is 5.40. The molecule has 1 fully saturated rings. The van der Waals surface area contributed by atoms with Crippen molar-refractivity contribution in [1.82, 2.24) is 19.9 Å². The predicted molar refractivity (Wildman–Crippen MR) is 83.4 cm³/mol. The Morgan fingerprint density at radius 2 is 2.05 bits per heavy atom. The molecule has 118 valence electrons. The van der Waals surface area contributed by atoms with Crippen molar-refractivity contribution in [2.75, 3.05) is 43.8 Å². The summed E-state index contributed by atoms with van der Waals surface area (Å²) in [5, 5.41) is 3.23. The molecule has 0 spiro atoms. The van der Waals surface area contributed by atoms with Crippen molar-refractivity contribution in [2.24, 2.45) is 5.92 Å². The number of hydrogen-bond acceptors (Lipinski definition) is 7. The van der Waals surface area contributed by atoms with Crippen LogP contribution in [-0.2, 0) is 0 Å². The molecule has 0 amide bonds. The number of nitrogens with one attached hydrogen (secondary N) is 1. The fourth-order valence-electron chi connectivity index (χ4n) is 2.45. The highest BCUT2D eigenvalue weighted by Crippen LogP contribution is 2.12. The quantitative estimate of drug-likeness (QED) is 0.748.